The van der Waals surface area contributed by atoms with Crippen LogP contribution in [0.3, 0.4) is 0 Å². The van der Waals surface area contributed by atoms with E-state index >= 15 is 0 Å². The fraction of sp³-hybridized carbons (Fsp3) is 0.444. The molecule has 5 rings (SSSR count). The highest BCUT2D eigenvalue weighted by atomic mass is 16.5. The first kappa shape index (κ1) is 25.4. The van der Waals surface area contributed by atoms with Gasteiger partial charge in [0, 0.05) is 18.4 Å². The summed E-state index contributed by atoms with van der Waals surface area (Å²) in [6.45, 7) is -0.106. The van der Waals surface area contributed by atoms with Gasteiger partial charge in [0.1, 0.15) is 5.75 Å². The topological polar surface area (TPSA) is 145 Å². The molecule has 10 heteroatoms. The minimum atomic E-state index is -1.33. The van der Waals surface area contributed by atoms with Crippen molar-refractivity contribution in [2.75, 3.05) is 13.2 Å². The summed E-state index contributed by atoms with van der Waals surface area (Å²) in [5, 5.41) is 41.7. The third-order valence-corrected chi connectivity index (χ3v) is 8.05. The second-order valence-electron chi connectivity index (χ2n) is 10.1. The third kappa shape index (κ3) is 4.54. The fourth-order valence-corrected chi connectivity index (χ4v) is 6.35. The van der Waals surface area contributed by atoms with Crippen molar-refractivity contribution in [1.29, 1.82) is 0 Å². The number of hydrogen-bond acceptors (Lipinski definition) is 7. The minimum absolute atomic E-state index is 0.0492. The number of aliphatic hydroxyl groups excluding tert-OH is 1. The molecular formula is C27H30BNO8. The molecule has 0 bridgehead atoms. The summed E-state index contributed by atoms with van der Waals surface area (Å²) in [5.74, 6) is -3.03. The second-order valence-corrected chi connectivity index (χ2v) is 10.1. The van der Waals surface area contributed by atoms with Crippen LogP contribution < -0.4 is 0 Å². The number of imide groups is 1. The van der Waals surface area contributed by atoms with Crippen LogP contribution >= 0.6 is 0 Å². The van der Waals surface area contributed by atoms with Crippen LogP contribution in [0.2, 0.25) is 0 Å². The van der Waals surface area contributed by atoms with E-state index in [1.54, 1.807) is 18.2 Å². The van der Waals surface area contributed by atoms with Crippen molar-refractivity contribution in [2.24, 2.45) is 17.8 Å². The van der Waals surface area contributed by atoms with Crippen LogP contribution in [0.1, 0.15) is 50.2 Å². The van der Waals surface area contributed by atoms with Gasteiger partial charge in [0.05, 0.1) is 24.5 Å². The number of amides is 2. The summed E-state index contributed by atoms with van der Waals surface area (Å²) in [5.41, 5.74) is 1.80. The van der Waals surface area contributed by atoms with Gasteiger partial charge in [-0.05, 0) is 59.7 Å². The molecular weight excluding hydrogens is 477 g/mol. The number of carbonyl (C=O) groups is 3. The number of fused-ring (bicyclic) bond motifs is 4. The summed E-state index contributed by atoms with van der Waals surface area (Å²) in [4.78, 5) is 38.9. The number of nitrogens with zero attached hydrogens (tertiary/aromatic N) is 1. The number of hydrogen-bond donors (Lipinski definition) is 4. The number of aliphatic carboxylic acids is 1. The van der Waals surface area contributed by atoms with Crippen LogP contribution in [0.25, 0.3) is 10.8 Å². The highest BCUT2D eigenvalue weighted by Gasteiger charge is 2.57. The number of rotatable bonds is 8. The number of allylic oxidation sites excluding steroid dienone is 1. The van der Waals surface area contributed by atoms with E-state index in [0.29, 0.717) is 42.1 Å². The first-order chi connectivity index (χ1) is 17.8. The van der Waals surface area contributed by atoms with Crippen molar-refractivity contribution in [2.45, 2.75) is 44.6 Å². The minimum Gasteiger partial charge on any atom is -0.507 e. The zero-order valence-corrected chi connectivity index (χ0v) is 20.4. The predicted molar refractivity (Wildman–Crippen MR) is 134 cm³/mol. The maximum absolute atomic E-state index is 13.5. The Balaban J connectivity index is 1.43. The van der Waals surface area contributed by atoms with Crippen LogP contribution in [0.15, 0.2) is 47.4 Å². The lowest BCUT2D eigenvalue weighted by molar-refractivity contribution is -0.141. The highest BCUT2D eigenvalue weighted by Crippen LogP contribution is 2.52. The molecule has 1 aliphatic carbocycles. The summed E-state index contributed by atoms with van der Waals surface area (Å²) >= 11 is 0. The number of carboxylic acid groups (broad SMARTS) is 1. The van der Waals surface area contributed by atoms with E-state index in [9.17, 15) is 29.6 Å². The zero-order chi connectivity index (χ0) is 26.3. The molecule has 2 heterocycles. The van der Waals surface area contributed by atoms with Crippen molar-refractivity contribution in [3.8, 4) is 5.75 Å². The van der Waals surface area contributed by atoms with Gasteiger partial charge in [0.25, 0.3) is 0 Å². The number of aromatic hydroxyl groups is 1. The molecule has 3 aliphatic rings. The van der Waals surface area contributed by atoms with Gasteiger partial charge in [-0.25, -0.2) is 0 Å². The smallest absolute Gasteiger partial charge is 0.487 e. The molecule has 0 saturated carbocycles. The number of benzene rings is 2. The van der Waals surface area contributed by atoms with Crippen LogP contribution in [-0.4, -0.2) is 63.3 Å². The second kappa shape index (κ2) is 10.3. The van der Waals surface area contributed by atoms with Crippen molar-refractivity contribution in [3.63, 3.8) is 0 Å². The number of carboxylic acids is 1. The third-order valence-electron chi connectivity index (χ3n) is 8.05. The lowest BCUT2D eigenvalue weighted by atomic mass is 9.55. The number of unbranched alkanes of at least 4 members (excludes halogenated alkanes) is 2. The fourth-order valence-electron chi connectivity index (χ4n) is 6.35. The Bertz CT molecular complexity index is 1280. The van der Waals surface area contributed by atoms with Gasteiger partial charge < -0.3 is 25.0 Å². The highest BCUT2D eigenvalue weighted by molar-refractivity contribution is 6.53. The molecule has 4 atom stereocenters. The maximum atomic E-state index is 13.5. The van der Waals surface area contributed by atoms with Gasteiger partial charge in [-0.15, -0.1) is 0 Å². The van der Waals surface area contributed by atoms with Gasteiger partial charge in [-0.1, -0.05) is 36.8 Å². The Morgan fingerprint density at radius 1 is 1.03 bits per heavy atom. The Kier molecular flexibility index (Phi) is 7.07. The Morgan fingerprint density at radius 2 is 1.78 bits per heavy atom. The molecule has 2 aromatic rings. The number of likely N-dealkylation sites (tertiary alicyclic amines) is 1. The molecule has 194 valence electrons. The van der Waals surface area contributed by atoms with Crippen molar-refractivity contribution < 1.29 is 39.4 Å². The maximum Gasteiger partial charge on any atom is 0.487 e. The largest absolute Gasteiger partial charge is 0.507 e. The Hall–Kier alpha value is -3.21. The Labute approximate surface area is 214 Å². The van der Waals surface area contributed by atoms with Gasteiger partial charge >= 0.3 is 13.1 Å². The van der Waals surface area contributed by atoms with Crippen LogP contribution in [0.4, 0.5) is 0 Å². The van der Waals surface area contributed by atoms with Gasteiger partial charge in [0.15, 0.2) is 0 Å². The van der Waals surface area contributed by atoms with E-state index in [1.807, 2.05) is 18.2 Å². The van der Waals surface area contributed by atoms with E-state index in [4.69, 9.17) is 9.76 Å². The van der Waals surface area contributed by atoms with E-state index in [2.05, 4.69) is 0 Å². The first-order valence-corrected chi connectivity index (χ1v) is 12.8. The normalized spacial score (nSPS) is 25.6. The lowest BCUT2D eigenvalue weighted by Crippen LogP contribution is -2.45. The van der Waals surface area contributed by atoms with Gasteiger partial charge in [-0.3, -0.25) is 19.3 Å². The molecule has 2 amide bonds. The Morgan fingerprint density at radius 3 is 2.51 bits per heavy atom. The van der Waals surface area contributed by atoms with Gasteiger partial charge in [-0.2, -0.15) is 0 Å². The number of phenolic OH excluding ortho intramolecular Hbond substituents is 1. The van der Waals surface area contributed by atoms with E-state index in [1.165, 1.54) is 4.90 Å². The predicted octanol–water partition coefficient (Wildman–Crippen LogP) is 2.58. The summed E-state index contributed by atoms with van der Waals surface area (Å²) in [6, 6.07) is 10.7. The van der Waals surface area contributed by atoms with Crippen LogP contribution in [0.5, 0.6) is 5.75 Å². The van der Waals surface area contributed by atoms with Gasteiger partial charge in [0.2, 0.25) is 11.8 Å². The first-order valence-electron chi connectivity index (χ1n) is 12.8. The van der Waals surface area contributed by atoms with Crippen molar-refractivity contribution in [1.82, 2.24) is 4.90 Å². The SMILES string of the molecule is O=C(O)CCCCCN1C(=O)[C@H]2[C@H](CC(CO)=C3B(O)O[C@H](c4ccc(O)c5ccccc45)C[C@H]32)C1=O. The van der Waals surface area contributed by atoms with Crippen molar-refractivity contribution in [3.05, 3.63) is 53.0 Å². The quantitative estimate of drug-likeness (QED) is 0.243. The number of carbonyl (C=O) groups excluding carboxylic acids is 2. The van der Waals surface area contributed by atoms with E-state index in [0.717, 1.165) is 10.9 Å². The average Bonchev–Trinajstić information content (AvgIpc) is 3.12. The molecule has 37 heavy (non-hydrogen) atoms. The van der Waals surface area contributed by atoms with E-state index in [-0.39, 0.29) is 43.6 Å². The molecule has 2 aliphatic heterocycles. The number of phenols is 1. The standard InChI is InChI=1S/C27H30BNO8/c30-14-15-12-20-24(27(35)29(26(20)34)11-5-1-2-8-23(32)33)19-13-22(37-28(36)25(15)19)18-9-10-21(31)17-7-4-3-6-16(17)18/h3-4,6-7,9-10,19-20,22,24,30-31,36H,1-2,5,8,11-14H2,(H,32,33)/t19-,20-,22-,24+/m0/s1. The van der Waals surface area contributed by atoms with Crippen molar-refractivity contribution >= 4 is 35.7 Å². The monoisotopic (exact) mass is 507 g/mol. The summed E-state index contributed by atoms with van der Waals surface area (Å²) in [6.07, 6.45) is 1.60. The zero-order valence-electron chi connectivity index (χ0n) is 20.4. The molecule has 0 radical (unpaired) electrons. The molecule has 2 saturated heterocycles. The summed E-state index contributed by atoms with van der Waals surface area (Å²) in [7, 11) is -1.33. The lowest BCUT2D eigenvalue weighted by Gasteiger charge is -2.42. The van der Waals surface area contributed by atoms with Crippen LogP contribution in [-0.2, 0) is 19.0 Å². The molecule has 4 N–H and O–H groups in total. The molecule has 0 spiro atoms. The molecule has 0 unspecified atom stereocenters. The number of aliphatic hydroxyl groups is 1. The molecule has 2 fully saturated rings. The molecule has 0 aromatic heterocycles. The summed E-state index contributed by atoms with van der Waals surface area (Å²) < 4.78 is 6.02. The molecule has 2 aromatic carbocycles. The average molecular weight is 507 g/mol. The molecule has 9 nitrogen and oxygen atoms in total. The van der Waals surface area contributed by atoms with E-state index < -0.39 is 36.9 Å². The van der Waals surface area contributed by atoms with Crippen LogP contribution in [0, 0.1) is 17.8 Å².